The molecule has 4 heteroatoms. The van der Waals surface area contributed by atoms with Crippen LogP contribution in [0.25, 0.3) is 11.0 Å². The average molecular weight is 251 g/mol. The van der Waals surface area contributed by atoms with Crippen LogP contribution in [0.3, 0.4) is 0 Å². The highest BCUT2D eigenvalue weighted by Crippen LogP contribution is 2.16. The van der Waals surface area contributed by atoms with Crippen LogP contribution in [0.15, 0.2) is 18.2 Å². The number of halogens is 1. The summed E-state index contributed by atoms with van der Waals surface area (Å²) < 4.78 is 0. The highest BCUT2D eigenvalue weighted by Gasteiger charge is 2.08. The van der Waals surface area contributed by atoms with Crippen LogP contribution < -0.4 is 0 Å². The van der Waals surface area contributed by atoms with Crippen molar-refractivity contribution in [2.24, 2.45) is 0 Å². The molecule has 0 fully saturated rings. The molecule has 3 nitrogen and oxygen atoms in total. The van der Waals surface area contributed by atoms with Gasteiger partial charge in [0.2, 0.25) is 0 Å². The molecule has 0 saturated carbocycles. The second-order valence-corrected chi connectivity index (χ2v) is 4.36. The minimum Gasteiger partial charge on any atom is -0.342 e. The molecule has 0 saturated heterocycles. The number of aromatic nitrogens is 2. The molecule has 17 heavy (non-hydrogen) atoms. The SMILES string of the molecule is CCc1nc2ccc(C(=O)CCCCl)cc2[nH]1. The van der Waals surface area contributed by atoms with Crippen molar-refractivity contribution in [1.29, 1.82) is 0 Å². The average Bonchev–Trinajstić information content (AvgIpc) is 2.77. The Labute approximate surface area is 105 Å². The summed E-state index contributed by atoms with van der Waals surface area (Å²) >= 11 is 5.58. The third kappa shape index (κ3) is 2.67. The number of fused-ring (bicyclic) bond motifs is 1. The summed E-state index contributed by atoms with van der Waals surface area (Å²) in [6.45, 7) is 2.05. The fraction of sp³-hybridized carbons (Fsp3) is 0.385. The minimum atomic E-state index is 0.139. The largest absolute Gasteiger partial charge is 0.342 e. The maximum atomic E-state index is 11.8. The molecule has 1 aromatic carbocycles. The van der Waals surface area contributed by atoms with E-state index >= 15 is 0 Å². The van der Waals surface area contributed by atoms with Gasteiger partial charge in [-0.25, -0.2) is 4.98 Å². The fourth-order valence-electron chi connectivity index (χ4n) is 1.78. The Hall–Kier alpha value is -1.35. The Morgan fingerprint density at radius 1 is 1.47 bits per heavy atom. The van der Waals surface area contributed by atoms with Crippen molar-refractivity contribution in [3.63, 3.8) is 0 Å². The van der Waals surface area contributed by atoms with Crippen molar-refractivity contribution in [2.45, 2.75) is 26.2 Å². The van der Waals surface area contributed by atoms with Crippen LogP contribution in [0.1, 0.15) is 35.9 Å². The Morgan fingerprint density at radius 2 is 2.29 bits per heavy atom. The molecule has 2 rings (SSSR count). The van der Waals surface area contributed by atoms with Gasteiger partial charge in [-0.3, -0.25) is 4.79 Å². The molecule has 0 aliphatic rings. The van der Waals surface area contributed by atoms with Crippen LogP contribution in [-0.4, -0.2) is 21.6 Å². The number of aromatic amines is 1. The highest BCUT2D eigenvalue weighted by molar-refractivity contribution is 6.18. The topological polar surface area (TPSA) is 45.8 Å². The van der Waals surface area contributed by atoms with E-state index in [1.807, 2.05) is 25.1 Å². The summed E-state index contributed by atoms with van der Waals surface area (Å²) in [5.41, 5.74) is 2.57. The van der Waals surface area contributed by atoms with Gasteiger partial charge in [0.15, 0.2) is 5.78 Å². The van der Waals surface area contributed by atoms with Crippen LogP contribution in [0, 0.1) is 0 Å². The predicted molar refractivity (Wildman–Crippen MR) is 69.8 cm³/mol. The van der Waals surface area contributed by atoms with Gasteiger partial charge in [0, 0.05) is 24.3 Å². The Balaban J connectivity index is 2.27. The molecule has 1 N–H and O–H groups in total. The number of aryl methyl sites for hydroxylation is 1. The quantitative estimate of drug-likeness (QED) is 0.654. The van der Waals surface area contributed by atoms with Crippen LogP contribution in [0.4, 0.5) is 0 Å². The standard InChI is InChI=1S/C13H15ClN2O/c1-2-13-15-10-6-5-9(8-11(10)16-13)12(17)4-3-7-14/h5-6,8H,2-4,7H2,1H3,(H,15,16). The summed E-state index contributed by atoms with van der Waals surface area (Å²) in [5, 5.41) is 0. The van der Waals surface area contributed by atoms with Crippen LogP contribution >= 0.6 is 11.6 Å². The molecule has 0 aliphatic heterocycles. The zero-order valence-corrected chi connectivity index (χ0v) is 10.5. The first-order valence-corrected chi connectivity index (χ1v) is 6.36. The molecular formula is C13H15ClN2O. The predicted octanol–water partition coefficient (Wildman–Crippen LogP) is 3.33. The first kappa shape index (κ1) is 12.1. The van der Waals surface area contributed by atoms with Gasteiger partial charge >= 0.3 is 0 Å². The van der Waals surface area contributed by atoms with E-state index in [1.54, 1.807) is 0 Å². The van der Waals surface area contributed by atoms with E-state index in [-0.39, 0.29) is 5.78 Å². The molecule has 1 aromatic heterocycles. The van der Waals surface area contributed by atoms with Crippen molar-refractivity contribution in [3.05, 3.63) is 29.6 Å². The van der Waals surface area contributed by atoms with Crippen LogP contribution in [0.2, 0.25) is 0 Å². The van der Waals surface area contributed by atoms with Crippen molar-refractivity contribution in [1.82, 2.24) is 9.97 Å². The van der Waals surface area contributed by atoms with Gasteiger partial charge in [-0.15, -0.1) is 11.6 Å². The number of nitrogens with zero attached hydrogens (tertiary/aromatic N) is 1. The second kappa shape index (κ2) is 5.32. The van der Waals surface area contributed by atoms with Crippen molar-refractivity contribution < 1.29 is 4.79 Å². The lowest BCUT2D eigenvalue weighted by Crippen LogP contribution is -1.98. The Bertz CT molecular complexity index is 533. The molecular weight excluding hydrogens is 236 g/mol. The van der Waals surface area contributed by atoms with E-state index in [9.17, 15) is 4.79 Å². The molecule has 90 valence electrons. The minimum absolute atomic E-state index is 0.139. The van der Waals surface area contributed by atoms with Gasteiger partial charge in [-0.05, 0) is 24.6 Å². The van der Waals surface area contributed by atoms with E-state index in [1.165, 1.54) is 0 Å². The monoisotopic (exact) mass is 250 g/mol. The molecule has 0 atom stereocenters. The summed E-state index contributed by atoms with van der Waals surface area (Å²) in [6, 6.07) is 5.59. The van der Waals surface area contributed by atoms with Crippen LogP contribution in [-0.2, 0) is 6.42 Å². The summed E-state index contributed by atoms with van der Waals surface area (Å²) in [4.78, 5) is 19.4. The maximum absolute atomic E-state index is 11.8. The van der Waals surface area contributed by atoms with E-state index < -0.39 is 0 Å². The number of benzene rings is 1. The molecule has 0 radical (unpaired) electrons. The van der Waals surface area contributed by atoms with E-state index in [0.717, 1.165) is 35.3 Å². The lowest BCUT2D eigenvalue weighted by molar-refractivity contribution is 0.0982. The number of imidazole rings is 1. The molecule has 2 aromatic rings. The smallest absolute Gasteiger partial charge is 0.162 e. The van der Waals surface area contributed by atoms with Crippen molar-refractivity contribution in [2.75, 3.05) is 5.88 Å². The third-order valence-electron chi connectivity index (χ3n) is 2.73. The molecule has 0 bridgehead atoms. The zero-order valence-electron chi connectivity index (χ0n) is 9.79. The lowest BCUT2D eigenvalue weighted by atomic mass is 10.1. The number of alkyl halides is 1. The number of nitrogens with one attached hydrogen (secondary N) is 1. The molecule has 0 amide bonds. The summed E-state index contributed by atoms with van der Waals surface area (Å²) in [6.07, 6.45) is 2.09. The molecule has 0 aliphatic carbocycles. The number of ketones is 1. The number of carbonyl (C=O) groups is 1. The molecule has 1 heterocycles. The maximum Gasteiger partial charge on any atom is 0.162 e. The number of hydrogen-bond acceptors (Lipinski definition) is 2. The summed E-state index contributed by atoms with van der Waals surface area (Å²) in [5.74, 6) is 1.61. The zero-order chi connectivity index (χ0) is 12.3. The first-order chi connectivity index (χ1) is 8.24. The Morgan fingerprint density at radius 3 is 3.00 bits per heavy atom. The van der Waals surface area contributed by atoms with Crippen molar-refractivity contribution in [3.8, 4) is 0 Å². The van der Waals surface area contributed by atoms with Crippen LogP contribution in [0.5, 0.6) is 0 Å². The number of H-pyrrole nitrogens is 1. The second-order valence-electron chi connectivity index (χ2n) is 3.98. The number of Topliss-reactive ketones (excluding diaryl/α,β-unsaturated/α-hetero) is 1. The normalized spacial score (nSPS) is 10.9. The Kier molecular flexibility index (Phi) is 3.79. The number of carbonyl (C=O) groups excluding carboxylic acids is 1. The fourth-order valence-corrected chi connectivity index (χ4v) is 1.91. The molecule has 0 spiro atoms. The van der Waals surface area contributed by atoms with Gasteiger partial charge in [-0.2, -0.15) is 0 Å². The first-order valence-electron chi connectivity index (χ1n) is 5.82. The van der Waals surface area contributed by atoms with E-state index in [4.69, 9.17) is 11.6 Å². The van der Waals surface area contributed by atoms with Gasteiger partial charge in [0.05, 0.1) is 11.0 Å². The van der Waals surface area contributed by atoms with Gasteiger partial charge < -0.3 is 4.98 Å². The van der Waals surface area contributed by atoms with Gasteiger partial charge in [0.1, 0.15) is 5.82 Å². The number of rotatable bonds is 5. The van der Waals surface area contributed by atoms with Gasteiger partial charge in [0.25, 0.3) is 0 Å². The van der Waals surface area contributed by atoms with Gasteiger partial charge in [-0.1, -0.05) is 6.92 Å². The van der Waals surface area contributed by atoms with E-state index in [0.29, 0.717) is 12.3 Å². The van der Waals surface area contributed by atoms with Crippen molar-refractivity contribution >= 4 is 28.4 Å². The van der Waals surface area contributed by atoms with E-state index in [2.05, 4.69) is 9.97 Å². The molecule has 0 unspecified atom stereocenters. The highest BCUT2D eigenvalue weighted by atomic mass is 35.5. The lowest BCUT2D eigenvalue weighted by Gasteiger charge is -1.99. The number of hydrogen-bond donors (Lipinski definition) is 1. The third-order valence-corrected chi connectivity index (χ3v) is 2.99. The summed E-state index contributed by atoms with van der Waals surface area (Å²) in [7, 11) is 0.